The summed E-state index contributed by atoms with van der Waals surface area (Å²) in [6, 6.07) is -0.360. The molecule has 2 bridgehead atoms. The first-order valence-corrected chi connectivity index (χ1v) is 17.5. The first-order valence-electron chi connectivity index (χ1n) is 17.5. The monoisotopic (exact) mass is 673 g/mol. The number of amides is 1. The van der Waals surface area contributed by atoms with Crippen LogP contribution in [0.2, 0.25) is 0 Å². The molecule has 48 heavy (non-hydrogen) atoms. The highest BCUT2D eigenvalue weighted by Gasteiger charge is 2.61. The Balaban J connectivity index is 1.58. The minimum Gasteiger partial charge on any atom is -0.459 e. The van der Waals surface area contributed by atoms with Gasteiger partial charge >= 0.3 is 5.97 Å². The zero-order chi connectivity index (χ0) is 35.0. The highest BCUT2D eigenvalue weighted by atomic mass is 16.7. The number of fused-ring (bicyclic) bond motifs is 2. The SMILES string of the molecule is CC[C@H](C)[C@H]1O[C@]2(CC[C@@H]1C)C[C@@H]1C[C@@H](C/C=C(\C)[C@H](NC(=O)COC)[C@@H](C)/C=C/C=C3\CO[C@@H]4[C@H](O)[C@](C)(O)C=C(C(=O)O1)[C@]34O)O2. The van der Waals surface area contributed by atoms with Crippen LogP contribution in [0.25, 0.3) is 0 Å². The molecular formula is C37H55NO10. The van der Waals surface area contributed by atoms with E-state index in [-0.39, 0.29) is 48.9 Å². The van der Waals surface area contributed by atoms with Crippen molar-refractivity contribution in [2.75, 3.05) is 20.3 Å². The lowest BCUT2D eigenvalue weighted by Crippen LogP contribution is -2.61. The molecule has 11 heteroatoms. The molecule has 12 atom stereocenters. The second-order valence-corrected chi connectivity index (χ2v) is 14.9. The van der Waals surface area contributed by atoms with Crippen LogP contribution in [-0.2, 0) is 33.3 Å². The number of methoxy groups -OCH3 is 1. The van der Waals surface area contributed by atoms with Crippen molar-refractivity contribution in [3.05, 3.63) is 47.1 Å². The van der Waals surface area contributed by atoms with Crippen LogP contribution in [0.4, 0.5) is 0 Å². The van der Waals surface area contributed by atoms with Gasteiger partial charge in [-0.1, -0.05) is 64.0 Å². The van der Waals surface area contributed by atoms with Crippen LogP contribution < -0.4 is 5.32 Å². The van der Waals surface area contributed by atoms with Crippen molar-refractivity contribution in [3.8, 4) is 0 Å². The van der Waals surface area contributed by atoms with E-state index in [1.807, 2.05) is 19.9 Å². The third-order valence-corrected chi connectivity index (χ3v) is 11.1. The number of carbonyl (C=O) groups is 2. The molecule has 268 valence electrons. The number of ether oxygens (including phenoxy) is 5. The molecule has 0 aromatic heterocycles. The maximum Gasteiger partial charge on any atom is 0.337 e. The maximum atomic E-state index is 14.1. The van der Waals surface area contributed by atoms with Crippen molar-refractivity contribution in [3.63, 3.8) is 0 Å². The molecule has 1 aliphatic carbocycles. The summed E-state index contributed by atoms with van der Waals surface area (Å²) >= 11 is 0. The van der Waals surface area contributed by atoms with Crippen molar-refractivity contribution in [1.29, 1.82) is 0 Å². The predicted octanol–water partition coefficient (Wildman–Crippen LogP) is 3.42. The Hall–Kier alpha value is -2.38. The standard InChI is InChI=1S/C37H55NO10/c1-8-21(2)31-24(5)14-15-36(48-31)17-27-16-26(47-36)13-12-23(4)30(38-29(39)20-44-7)22(3)10-9-11-25-19-45-33-32(40)35(6,42)18-28(34(41)46-27)37(25,33)43/h9-12,18,21-22,24,26-27,30-33,40,42-43H,8,13-17,19-20H2,1-7H3,(H,38,39)/b10-9+,23-12+,25-11+/t21-,22-,24-,26+,27-,30+,31+,32-,33+,35+,36+,37+/m0/s1. The fourth-order valence-corrected chi connectivity index (χ4v) is 8.08. The van der Waals surface area contributed by atoms with Gasteiger partial charge in [-0.05, 0) is 56.1 Å². The summed E-state index contributed by atoms with van der Waals surface area (Å²) in [7, 11) is 1.47. The van der Waals surface area contributed by atoms with Crippen LogP contribution in [0.1, 0.15) is 80.1 Å². The molecule has 4 heterocycles. The molecule has 1 amide bonds. The normalized spacial score (nSPS) is 45.5. The average Bonchev–Trinajstić information content (AvgIpc) is 3.37. The molecule has 3 fully saturated rings. The van der Waals surface area contributed by atoms with E-state index >= 15 is 0 Å². The number of hydrogen-bond donors (Lipinski definition) is 4. The Bertz CT molecular complexity index is 1330. The van der Waals surface area contributed by atoms with E-state index in [4.69, 9.17) is 23.7 Å². The molecular weight excluding hydrogens is 618 g/mol. The minimum absolute atomic E-state index is 0.0237. The van der Waals surface area contributed by atoms with E-state index in [2.05, 4.69) is 32.2 Å². The molecule has 4 N–H and O–H groups in total. The third kappa shape index (κ3) is 7.24. The van der Waals surface area contributed by atoms with Gasteiger partial charge < -0.3 is 44.3 Å². The van der Waals surface area contributed by atoms with Crippen LogP contribution in [0.3, 0.4) is 0 Å². The molecule has 5 rings (SSSR count). The number of allylic oxidation sites excluding steroid dienone is 2. The maximum absolute atomic E-state index is 14.1. The van der Waals surface area contributed by atoms with Gasteiger partial charge in [-0.2, -0.15) is 0 Å². The van der Waals surface area contributed by atoms with Gasteiger partial charge in [0.1, 0.15) is 36.1 Å². The quantitative estimate of drug-likeness (QED) is 0.252. The summed E-state index contributed by atoms with van der Waals surface area (Å²) in [6.07, 6.45) is 8.47. The molecule has 0 unspecified atom stereocenters. The van der Waals surface area contributed by atoms with Crippen molar-refractivity contribution in [2.45, 2.75) is 134 Å². The van der Waals surface area contributed by atoms with E-state index in [0.717, 1.165) is 18.4 Å². The summed E-state index contributed by atoms with van der Waals surface area (Å²) in [5.74, 6) is -1.53. The fraction of sp³-hybridized carbons (Fsp3) is 0.730. The van der Waals surface area contributed by atoms with Gasteiger partial charge in [0.25, 0.3) is 0 Å². The average molecular weight is 674 g/mol. The molecule has 3 saturated heterocycles. The zero-order valence-electron chi connectivity index (χ0n) is 29.4. The van der Waals surface area contributed by atoms with Gasteiger partial charge in [0.05, 0.1) is 30.4 Å². The summed E-state index contributed by atoms with van der Waals surface area (Å²) in [5.41, 5.74) is -2.78. The predicted molar refractivity (Wildman–Crippen MR) is 177 cm³/mol. The van der Waals surface area contributed by atoms with E-state index in [1.165, 1.54) is 20.1 Å². The summed E-state index contributed by atoms with van der Waals surface area (Å²) in [4.78, 5) is 26.8. The molecule has 0 radical (unpaired) electrons. The number of carbonyl (C=O) groups excluding carboxylic acids is 2. The zero-order valence-corrected chi connectivity index (χ0v) is 29.4. The molecule has 0 aromatic carbocycles. The Labute approximate surface area is 284 Å². The fourth-order valence-electron chi connectivity index (χ4n) is 8.08. The van der Waals surface area contributed by atoms with Gasteiger partial charge in [0, 0.05) is 26.4 Å². The first-order chi connectivity index (χ1) is 22.6. The molecule has 1 spiro atoms. The molecule has 4 aliphatic heterocycles. The molecule has 5 aliphatic rings. The summed E-state index contributed by atoms with van der Waals surface area (Å²) in [6.45, 7) is 11.7. The van der Waals surface area contributed by atoms with Crippen molar-refractivity contribution < 1.29 is 48.6 Å². The number of esters is 1. The van der Waals surface area contributed by atoms with E-state index in [1.54, 1.807) is 12.2 Å². The van der Waals surface area contributed by atoms with Crippen molar-refractivity contribution >= 4 is 11.9 Å². The first kappa shape index (κ1) is 36.9. The number of nitrogens with one attached hydrogen (secondary N) is 1. The molecule has 11 nitrogen and oxygen atoms in total. The largest absolute Gasteiger partial charge is 0.459 e. The summed E-state index contributed by atoms with van der Waals surface area (Å²) < 4.78 is 30.8. The van der Waals surface area contributed by atoms with Crippen LogP contribution in [0.15, 0.2) is 47.1 Å². The lowest BCUT2D eigenvalue weighted by Gasteiger charge is -2.51. The van der Waals surface area contributed by atoms with Crippen LogP contribution in [-0.4, -0.2) is 101 Å². The number of rotatable bonds is 5. The number of hydrogen-bond acceptors (Lipinski definition) is 10. The molecule has 0 aromatic rings. The second-order valence-electron chi connectivity index (χ2n) is 14.9. The second kappa shape index (κ2) is 14.5. The van der Waals surface area contributed by atoms with Gasteiger partial charge in [0.15, 0.2) is 5.79 Å². The minimum atomic E-state index is -2.04. The van der Waals surface area contributed by atoms with E-state index < -0.39 is 41.3 Å². The Kier molecular flexibility index (Phi) is 11.1. The van der Waals surface area contributed by atoms with Crippen molar-refractivity contribution in [1.82, 2.24) is 5.32 Å². The highest BCUT2D eigenvalue weighted by Crippen LogP contribution is 2.48. The smallest absolute Gasteiger partial charge is 0.337 e. The Morgan fingerprint density at radius 3 is 2.67 bits per heavy atom. The number of aliphatic hydroxyl groups is 3. The van der Waals surface area contributed by atoms with Gasteiger partial charge in [0.2, 0.25) is 5.91 Å². The van der Waals surface area contributed by atoms with Gasteiger partial charge in [-0.15, -0.1) is 0 Å². The lowest BCUT2D eigenvalue weighted by atomic mass is 9.71. The summed E-state index contributed by atoms with van der Waals surface area (Å²) in [5, 5.41) is 37.5. The molecule has 0 saturated carbocycles. The highest BCUT2D eigenvalue weighted by molar-refractivity contribution is 5.93. The topological polar surface area (TPSA) is 153 Å². The lowest BCUT2D eigenvalue weighted by molar-refractivity contribution is -0.340. The number of aliphatic hydroxyl groups excluding tert-OH is 1. The van der Waals surface area contributed by atoms with Gasteiger partial charge in [-0.25, -0.2) is 4.79 Å². The Morgan fingerprint density at radius 2 is 1.96 bits per heavy atom. The van der Waals surface area contributed by atoms with Crippen LogP contribution >= 0.6 is 0 Å². The Morgan fingerprint density at radius 1 is 1.21 bits per heavy atom. The van der Waals surface area contributed by atoms with Crippen LogP contribution in [0, 0.1) is 17.8 Å². The van der Waals surface area contributed by atoms with Crippen LogP contribution in [0.5, 0.6) is 0 Å². The van der Waals surface area contributed by atoms with Crippen molar-refractivity contribution in [2.24, 2.45) is 17.8 Å². The van der Waals surface area contributed by atoms with Gasteiger partial charge in [-0.3, -0.25) is 4.79 Å². The third-order valence-electron chi connectivity index (χ3n) is 11.1. The van der Waals surface area contributed by atoms with E-state index in [9.17, 15) is 24.9 Å². The van der Waals surface area contributed by atoms with E-state index in [0.29, 0.717) is 43.1 Å².